The van der Waals surface area contributed by atoms with Gasteiger partial charge in [0.1, 0.15) is 12.2 Å². The van der Waals surface area contributed by atoms with Gasteiger partial charge in [0.2, 0.25) is 0 Å². The van der Waals surface area contributed by atoms with Crippen LogP contribution in [0.3, 0.4) is 0 Å². The quantitative estimate of drug-likeness (QED) is 0.354. The predicted molar refractivity (Wildman–Crippen MR) is 89.5 cm³/mol. The lowest BCUT2D eigenvalue weighted by Gasteiger charge is -2.29. The Hall–Kier alpha value is -1.66. The molecule has 1 N–H and O–H groups in total. The molecule has 2 saturated heterocycles. The van der Waals surface area contributed by atoms with Gasteiger partial charge in [-0.25, -0.2) is 4.79 Å². The van der Waals surface area contributed by atoms with Crippen molar-refractivity contribution in [3.63, 3.8) is 0 Å². The van der Waals surface area contributed by atoms with Gasteiger partial charge in [0.25, 0.3) is 0 Å². The number of carbonyl (C=O) groups excluding carboxylic acids is 2. The zero-order chi connectivity index (χ0) is 18.5. The maximum absolute atomic E-state index is 12.2. The number of fused-ring (bicyclic) bond motifs is 2. The average Bonchev–Trinajstić information content (AvgIpc) is 3.04. The maximum atomic E-state index is 12.2. The smallest absolute Gasteiger partial charge is 0.334 e. The number of hydrogen-bond acceptors (Lipinski definition) is 6. The highest BCUT2D eigenvalue weighted by Gasteiger charge is 2.57. The molecular formula is C19H26O6. The molecule has 0 amide bonds. The zero-order valence-electron chi connectivity index (χ0n) is 15.2. The summed E-state index contributed by atoms with van der Waals surface area (Å²) in [5.41, 5.74) is 0.523. The highest BCUT2D eigenvalue weighted by molar-refractivity contribution is 5.91. The normalized spacial score (nSPS) is 42.8. The lowest BCUT2D eigenvalue weighted by atomic mass is 9.82. The summed E-state index contributed by atoms with van der Waals surface area (Å²) in [6, 6.07) is 0. The van der Waals surface area contributed by atoms with Crippen molar-refractivity contribution in [3.05, 3.63) is 23.8 Å². The second kappa shape index (κ2) is 6.25. The summed E-state index contributed by atoms with van der Waals surface area (Å²) in [5, 5.41) is 10.4. The standard InChI is InChI=1S/C19H26O6/c1-9(2)17(21)24-14-8-19(5)15(25-19)7-12(20)10(3)6-13-16(14)11(4)18(22)23-13/h6,9,12-16,20H,4,7-8H2,1-3,5H3/b10-6-/t12-,13+,14+,15+,16-,19+/m0/s1. The van der Waals surface area contributed by atoms with E-state index in [0.29, 0.717) is 24.0 Å². The minimum absolute atomic E-state index is 0.103. The van der Waals surface area contributed by atoms with Crippen LogP contribution < -0.4 is 0 Å². The van der Waals surface area contributed by atoms with E-state index in [1.54, 1.807) is 26.8 Å². The second-order valence-corrected chi connectivity index (χ2v) is 7.84. The fourth-order valence-corrected chi connectivity index (χ4v) is 3.63. The molecule has 0 radical (unpaired) electrons. The van der Waals surface area contributed by atoms with Crippen LogP contribution in [0.2, 0.25) is 0 Å². The van der Waals surface area contributed by atoms with Crippen molar-refractivity contribution in [2.24, 2.45) is 11.8 Å². The third-order valence-corrected chi connectivity index (χ3v) is 5.43. The summed E-state index contributed by atoms with van der Waals surface area (Å²) >= 11 is 0. The van der Waals surface area contributed by atoms with Crippen LogP contribution in [0.15, 0.2) is 23.8 Å². The van der Waals surface area contributed by atoms with Crippen molar-refractivity contribution in [1.82, 2.24) is 0 Å². The van der Waals surface area contributed by atoms with E-state index < -0.39 is 35.8 Å². The molecule has 1 aliphatic carbocycles. The van der Waals surface area contributed by atoms with E-state index in [-0.39, 0.29) is 18.0 Å². The number of esters is 2. The molecule has 3 rings (SSSR count). The number of aliphatic hydroxyl groups excluding tert-OH is 1. The van der Waals surface area contributed by atoms with Gasteiger partial charge in [0.05, 0.1) is 29.6 Å². The molecule has 2 aliphatic heterocycles. The molecule has 0 spiro atoms. The molecule has 6 atom stereocenters. The Kier molecular flexibility index (Phi) is 4.54. The van der Waals surface area contributed by atoms with Gasteiger partial charge in [-0.3, -0.25) is 4.79 Å². The molecule has 25 heavy (non-hydrogen) atoms. The highest BCUT2D eigenvalue weighted by atomic mass is 16.6. The van der Waals surface area contributed by atoms with Crippen LogP contribution in [0.5, 0.6) is 0 Å². The van der Waals surface area contributed by atoms with E-state index >= 15 is 0 Å². The number of carbonyl (C=O) groups is 2. The number of rotatable bonds is 2. The summed E-state index contributed by atoms with van der Waals surface area (Å²) in [6.45, 7) is 11.1. The van der Waals surface area contributed by atoms with Gasteiger partial charge in [-0.05, 0) is 25.5 Å². The fourth-order valence-electron chi connectivity index (χ4n) is 3.63. The van der Waals surface area contributed by atoms with Crippen molar-refractivity contribution in [2.75, 3.05) is 0 Å². The number of epoxide rings is 1. The largest absolute Gasteiger partial charge is 0.461 e. The predicted octanol–water partition coefficient (Wildman–Crippen LogP) is 1.91. The Labute approximate surface area is 147 Å². The first kappa shape index (κ1) is 18.1. The Morgan fingerprint density at radius 1 is 1.48 bits per heavy atom. The van der Waals surface area contributed by atoms with Crippen molar-refractivity contribution in [3.8, 4) is 0 Å². The average molecular weight is 350 g/mol. The SMILES string of the molecule is C=C1C(=O)O[C@@H]2/C=C(/C)[C@@H](O)C[C@H]3O[C@]3(C)C[C@@H](OC(=O)C(C)C)[C@@H]12. The van der Waals surface area contributed by atoms with Gasteiger partial charge in [-0.1, -0.05) is 20.4 Å². The molecule has 6 nitrogen and oxygen atoms in total. The van der Waals surface area contributed by atoms with Crippen LogP contribution in [-0.2, 0) is 23.8 Å². The molecule has 0 saturated carbocycles. The van der Waals surface area contributed by atoms with Crippen molar-refractivity contribution >= 4 is 11.9 Å². The minimum atomic E-state index is -0.658. The molecule has 138 valence electrons. The molecule has 0 unspecified atom stereocenters. The topological polar surface area (TPSA) is 85.4 Å². The lowest BCUT2D eigenvalue weighted by molar-refractivity contribution is -0.157. The second-order valence-electron chi connectivity index (χ2n) is 7.84. The Balaban J connectivity index is 1.97. The van der Waals surface area contributed by atoms with Crippen LogP contribution in [0, 0.1) is 11.8 Å². The summed E-state index contributed by atoms with van der Waals surface area (Å²) < 4.78 is 17.0. The van der Waals surface area contributed by atoms with Crippen molar-refractivity contribution < 1.29 is 28.9 Å². The maximum Gasteiger partial charge on any atom is 0.334 e. The summed E-state index contributed by atoms with van der Waals surface area (Å²) in [5.74, 6) is -1.56. The highest BCUT2D eigenvalue weighted by Crippen LogP contribution is 2.47. The molecule has 0 bridgehead atoms. The van der Waals surface area contributed by atoms with Crippen LogP contribution in [0.1, 0.15) is 40.5 Å². The van der Waals surface area contributed by atoms with Gasteiger partial charge in [-0.2, -0.15) is 0 Å². The van der Waals surface area contributed by atoms with Gasteiger partial charge in [0, 0.05) is 18.4 Å². The number of ether oxygens (including phenoxy) is 3. The number of hydrogen-bond donors (Lipinski definition) is 1. The Morgan fingerprint density at radius 2 is 2.16 bits per heavy atom. The molecule has 2 fully saturated rings. The van der Waals surface area contributed by atoms with Gasteiger partial charge < -0.3 is 19.3 Å². The van der Waals surface area contributed by atoms with E-state index in [1.165, 1.54) is 0 Å². The molecular weight excluding hydrogens is 324 g/mol. The molecule has 0 aromatic rings. The van der Waals surface area contributed by atoms with E-state index in [0.717, 1.165) is 0 Å². The summed E-state index contributed by atoms with van der Waals surface area (Å²) in [4.78, 5) is 24.3. The molecule has 3 aliphatic rings. The van der Waals surface area contributed by atoms with Crippen LogP contribution >= 0.6 is 0 Å². The summed E-state index contributed by atoms with van der Waals surface area (Å²) in [7, 11) is 0. The van der Waals surface area contributed by atoms with Crippen molar-refractivity contribution in [1.29, 1.82) is 0 Å². The lowest BCUT2D eigenvalue weighted by Crippen LogP contribution is -2.38. The molecule has 0 aromatic heterocycles. The van der Waals surface area contributed by atoms with Gasteiger partial charge in [-0.15, -0.1) is 0 Å². The van der Waals surface area contributed by atoms with Crippen molar-refractivity contribution in [2.45, 2.75) is 70.6 Å². The first-order chi connectivity index (χ1) is 11.6. The molecule has 2 heterocycles. The first-order valence-corrected chi connectivity index (χ1v) is 8.77. The number of aliphatic hydroxyl groups is 1. The van der Waals surface area contributed by atoms with Crippen LogP contribution in [-0.4, -0.2) is 47.1 Å². The van der Waals surface area contributed by atoms with E-state index in [4.69, 9.17) is 14.2 Å². The van der Waals surface area contributed by atoms with Gasteiger partial charge >= 0.3 is 11.9 Å². The van der Waals surface area contributed by atoms with E-state index in [1.807, 2.05) is 6.92 Å². The van der Waals surface area contributed by atoms with E-state index in [9.17, 15) is 14.7 Å². The zero-order valence-corrected chi connectivity index (χ0v) is 15.2. The summed E-state index contributed by atoms with van der Waals surface area (Å²) in [6.07, 6.45) is 0.727. The third-order valence-electron chi connectivity index (χ3n) is 5.43. The van der Waals surface area contributed by atoms with Crippen LogP contribution in [0.4, 0.5) is 0 Å². The van der Waals surface area contributed by atoms with Crippen LogP contribution in [0.25, 0.3) is 0 Å². The molecule has 6 heteroatoms. The monoisotopic (exact) mass is 350 g/mol. The van der Waals surface area contributed by atoms with E-state index in [2.05, 4.69) is 6.58 Å². The Bertz CT molecular complexity index is 636. The third kappa shape index (κ3) is 3.37. The van der Waals surface area contributed by atoms with Gasteiger partial charge in [0.15, 0.2) is 0 Å². The molecule has 0 aromatic carbocycles. The fraction of sp³-hybridized carbons (Fsp3) is 0.684. The Morgan fingerprint density at radius 3 is 2.80 bits per heavy atom. The minimum Gasteiger partial charge on any atom is -0.461 e. The first-order valence-electron chi connectivity index (χ1n) is 8.77.